The van der Waals surface area contributed by atoms with Crippen molar-refractivity contribution >= 4 is 29.7 Å². The summed E-state index contributed by atoms with van der Waals surface area (Å²) in [5.74, 6) is -5.04. The van der Waals surface area contributed by atoms with Gasteiger partial charge < -0.3 is 15.3 Å². The number of hydrogen-bond donors (Lipinski definition) is 3. The fraction of sp³-hybridized carbons (Fsp3) is 0.444. The first-order valence-electron chi connectivity index (χ1n) is 4.40. The van der Waals surface area contributed by atoms with Crippen molar-refractivity contribution in [2.45, 2.75) is 11.2 Å². The second-order valence-corrected chi connectivity index (χ2v) is 4.56. The molecule has 1 aliphatic rings. The molecule has 6 nitrogen and oxygen atoms in total. The minimum absolute atomic E-state index is 0.245. The zero-order valence-corrected chi connectivity index (χ0v) is 8.94. The van der Waals surface area contributed by atoms with Gasteiger partial charge in [-0.3, -0.25) is 14.4 Å². The lowest BCUT2D eigenvalue weighted by molar-refractivity contribution is -0.153. The van der Waals surface area contributed by atoms with Crippen LogP contribution in [0, 0.1) is 5.92 Å². The van der Waals surface area contributed by atoms with Crippen molar-refractivity contribution in [3.8, 4) is 0 Å². The first kappa shape index (κ1) is 12.6. The van der Waals surface area contributed by atoms with Crippen molar-refractivity contribution in [3.63, 3.8) is 0 Å². The van der Waals surface area contributed by atoms with Crippen LogP contribution >= 0.6 is 11.8 Å². The maximum Gasteiger partial charge on any atom is 0.332 e. The highest BCUT2D eigenvalue weighted by Crippen LogP contribution is 2.40. The van der Waals surface area contributed by atoms with E-state index in [0.29, 0.717) is 0 Å². The summed E-state index contributed by atoms with van der Waals surface area (Å²) in [6, 6.07) is 0. The number of hydrogen-bond acceptors (Lipinski definition) is 4. The Morgan fingerprint density at radius 2 is 1.81 bits per heavy atom. The Morgan fingerprint density at radius 3 is 2.25 bits per heavy atom. The molecule has 16 heavy (non-hydrogen) atoms. The van der Waals surface area contributed by atoms with Gasteiger partial charge in [-0.15, -0.1) is 11.8 Å². The number of carboxylic acid groups (broad SMARTS) is 3. The van der Waals surface area contributed by atoms with E-state index in [2.05, 4.69) is 0 Å². The van der Waals surface area contributed by atoms with E-state index < -0.39 is 35.0 Å². The van der Waals surface area contributed by atoms with Crippen LogP contribution in [0.5, 0.6) is 0 Å². The number of allylic oxidation sites excluding steroid dienone is 1. The summed E-state index contributed by atoms with van der Waals surface area (Å²) < 4.78 is -2.09. The fourth-order valence-electron chi connectivity index (χ4n) is 1.57. The first-order chi connectivity index (χ1) is 7.41. The van der Waals surface area contributed by atoms with Crippen molar-refractivity contribution < 1.29 is 29.7 Å². The molecule has 0 bridgehead atoms. The molecular weight excluding hydrogens is 236 g/mol. The molecule has 0 aromatic heterocycles. The van der Waals surface area contributed by atoms with Crippen molar-refractivity contribution in [1.29, 1.82) is 0 Å². The molecule has 0 spiro atoms. The Kier molecular flexibility index (Phi) is 3.58. The van der Waals surface area contributed by atoms with Crippen LogP contribution in [-0.2, 0) is 14.4 Å². The maximum absolute atomic E-state index is 11.1. The molecule has 0 aromatic rings. The van der Waals surface area contributed by atoms with E-state index in [-0.39, 0.29) is 5.75 Å². The minimum atomic E-state index is -2.09. The number of carboxylic acids is 3. The number of rotatable bonds is 4. The average Bonchev–Trinajstić information content (AvgIpc) is 2.16. The Hall–Kier alpha value is -1.50. The summed E-state index contributed by atoms with van der Waals surface area (Å²) in [6.07, 6.45) is 2.43. The molecule has 0 aliphatic carbocycles. The topological polar surface area (TPSA) is 112 Å². The standard InChI is InChI=1S/C9H10O6S/c10-6(11)4-5-2-1-3-16-9(5,7(12)13)8(14)15/h1-2,5H,3-4H2,(H,10,11)(H,12,13)(H,14,15). The van der Waals surface area contributed by atoms with Gasteiger partial charge in [-0.2, -0.15) is 0 Å². The highest BCUT2D eigenvalue weighted by atomic mass is 32.2. The molecule has 1 aliphatic heterocycles. The predicted octanol–water partition coefficient (Wildman–Crippen LogP) is 0.288. The molecule has 0 saturated heterocycles. The van der Waals surface area contributed by atoms with E-state index in [1.54, 1.807) is 6.08 Å². The summed E-state index contributed by atoms with van der Waals surface area (Å²) in [6.45, 7) is 0. The summed E-state index contributed by atoms with van der Waals surface area (Å²) in [7, 11) is 0. The van der Waals surface area contributed by atoms with Crippen LogP contribution in [0.3, 0.4) is 0 Å². The van der Waals surface area contributed by atoms with Crippen LogP contribution in [-0.4, -0.2) is 43.7 Å². The zero-order valence-electron chi connectivity index (χ0n) is 8.12. The molecule has 1 rings (SSSR count). The predicted molar refractivity (Wildman–Crippen MR) is 55.3 cm³/mol. The normalized spacial score (nSPS) is 22.6. The number of thioether (sulfide) groups is 1. The van der Waals surface area contributed by atoms with Gasteiger partial charge in [-0.25, -0.2) is 0 Å². The first-order valence-corrected chi connectivity index (χ1v) is 5.39. The summed E-state index contributed by atoms with van der Waals surface area (Å²) in [4.78, 5) is 32.7. The van der Waals surface area contributed by atoms with Crippen LogP contribution in [0.15, 0.2) is 12.2 Å². The molecule has 1 heterocycles. The van der Waals surface area contributed by atoms with E-state index in [1.165, 1.54) is 6.08 Å². The monoisotopic (exact) mass is 246 g/mol. The largest absolute Gasteiger partial charge is 0.481 e. The van der Waals surface area contributed by atoms with E-state index in [1.807, 2.05) is 0 Å². The second-order valence-electron chi connectivity index (χ2n) is 3.29. The third kappa shape index (κ3) is 2.04. The summed E-state index contributed by atoms with van der Waals surface area (Å²) in [5, 5.41) is 26.7. The van der Waals surface area contributed by atoms with E-state index >= 15 is 0 Å². The molecule has 0 fully saturated rings. The molecule has 0 amide bonds. The Labute approximate surface area is 95.0 Å². The van der Waals surface area contributed by atoms with Crippen molar-refractivity contribution in [1.82, 2.24) is 0 Å². The molecule has 88 valence electrons. The smallest absolute Gasteiger partial charge is 0.332 e. The van der Waals surface area contributed by atoms with Crippen LogP contribution < -0.4 is 0 Å². The Balaban J connectivity index is 3.13. The van der Waals surface area contributed by atoms with E-state index in [9.17, 15) is 14.4 Å². The lowest BCUT2D eigenvalue weighted by Gasteiger charge is -2.32. The van der Waals surface area contributed by atoms with Gasteiger partial charge in [0.1, 0.15) is 0 Å². The quantitative estimate of drug-likeness (QED) is 0.482. The second kappa shape index (κ2) is 4.56. The number of aliphatic carboxylic acids is 3. The third-order valence-electron chi connectivity index (χ3n) is 2.33. The SMILES string of the molecule is O=C(O)CC1C=CCSC1(C(=O)O)C(=O)O. The molecule has 3 N–H and O–H groups in total. The van der Waals surface area contributed by atoms with E-state index in [4.69, 9.17) is 15.3 Å². The maximum atomic E-state index is 11.1. The molecular formula is C9H10O6S. The average molecular weight is 246 g/mol. The lowest BCUT2D eigenvalue weighted by atomic mass is 9.87. The molecule has 1 unspecified atom stereocenters. The minimum Gasteiger partial charge on any atom is -0.481 e. The molecule has 0 aromatic carbocycles. The highest BCUT2D eigenvalue weighted by Gasteiger charge is 2.54. The molecule has 0 radical (unpaired) electrons. The summed E-state index contributed by atoms with van der Waals surface area (Å²) in [5.41, 5.74) is 0. The van der Waals surface area contributed by atoms with Gasteiger partial charge in [0.2, 0.25) is 4.75 Å². The van der Waals surface area contributed by atoms with Gasteiger partial charge in [0.05, 0.1) is 6.42 Å². The zero-order chi connectivity index (χ0) is 12.3. The van der Waals surface area contributed by atoms with Gasteiger partial charge in [-0.05, 0) is 0 Å². The van der Waals surface area contributed by atoms with Gasteiger partial charge in [-0.1, -0.05) is 12.2 Å². The van der Waals surface area contributed by atoms with Crippen LogP contribution in [0.2, 0.25) is 0 Å². The third-order valence-corrected chi connectivity index (χ3v) is 3.79. The van der Waals surface area contributed by atoms with Gasteiger partial charge in [0.15, 0.2) is 0 Å². The van der Waals surface area contributed by atoms with Gasteiger partial charge >= 0.3 is 17.9 Å². The Morgan fingerprint density at radius 1 is 1.25 bits per heavy atom. The van der Waals surface area contributed by atoms with Crippen LogP contribution in [0.25, 0.3) is 0 Å². The molecule has 7 heteroatoms. The molecule has 1 atom stereocenters. The van der Waals surface area contributed by atoms with Gasteiger partial charge in [0.25, 0.3) is 0 Å². The summed E-state index contributed by atoms with van der Waals surface area (Å²) >= 11 is 0.728. The highest BCUT2D eigenvalue weighted by molar-refractivity contribution is 8.02. The van der Waals surface area contributed by atoms with Crippen molar-refractivity contribution in [2.75, 3.05) is 5.75 Å². The fourth-order valence-corrected chi connectivity index (χ4v) is 2.67. The number of carbonyl (C=O) groups is 3. The Bertz CT molecular complexity index is 347. The van der Waals surface area contributed by atoms with Crippen LogP contribution in [0.4, 0.5) is 0 Å². The van der Waals surface area contributed by atoms with Crippen LogP contribution in [0.1, 0.15) is 6.42 Å². The van der Waals surface area contributed by atoms with Crippen molar-refractivity contribution in [2.24, 2.45) is 5.92 Å². The van der Waals surface area contributed by atoms with Crippen molar-refractivity contribution in [3.05, 3.63) is 12.2 Å². The lowest BCUT2D eigenvalue weighted by Crippen LogP contribution is -2.51. The molecule has 0 saturated carbocycles. The van der Waals surface area contributed by atoms with Gasteiger partial charge in [0, 0.05) is 11.7 Å². The van der Waals surface area contributed by atoms with E-state index in [0.717, 1.165) is 11.8 Å².